The van der Waals surface area contributed by atoms with Gasteiger partial charge in [0.05, 0.1) is 6.61 Å². The molecule has 0 spiro atoms. The molecule has 0 saturated heterocycles. The van der Waals surface area contributed by atoms with Gasteiger partial charge in [0.15, 0.2) is 0 Å². The summed E-state index contributed by atoms with van der Waals surface area (Å²) in [6.45, 7) is -3.53. The van der Waals surface area contributed by atoms with Crippen LogP contribution in [-0.2, 0) is 4.74 Å². The second-order valence-electron chi connectivity index (χ2n) is 2.73. The van der Waals surface area contributed by atoms with Crippen LogP contribution in [0, 0.1) is 0 Å². The minimum absolute atomic E-state index is 0.101. The van der Waals surface area contributed by atoms with Gasteiger partial charge in [0, 0.05) is 0 Å². The van der Waals surface area contributed by atoms with Crippen molar-refractivity contribution >= 4 is 5.97 Å². The quantitative estimate of drug-likeness (QED) is 0.780. The van der Waals surface area contributed by atoms with Crippen molar-refractivity contribution in [2.24, 2.45) is 0 Å². The van der Waals surface area contributed by atoms with Gasteiger partial charge in [-0.25, -0.2) is 4.79 Å². The Kier molecular flexibility index (Phi) is 4.65. The van der Waals surface area contributed by atoms with Crippen LogP contribution in [0.2, 0.25) is 0 Å². The molecule has 1 rings (SSSR count). The average molecular weight is 232 g/mol. The minimum Gasteiger partial charge on any atom is -0.460 e. The van der Waals surface area contributed by atoms with Gasteiger partial charge in [-0.15, -0.1) is 0 Å². The van der Waals surface area contributed by atoms with Crippen molar-refractivity contribution in [2.45, 2.75) is 6.61 Å². The molecule has 0 atom stereocenters. The van der Waals surface area contributed by atoms with E-state index in [0.717, 1.165) is 0 Å². The van der Waals surface area contributed by atoms with Gasteiger partial charge in [-0.2, -0.15) is 8.78 Å². The second-order valence-corrected chi connectivity index (χ2v) is 2.73. The predicted octanol–water partition coefficient (Wildman–Crippen LogP) is 1.44. The van der Waals surface area contributed by atoms with E-state index in [1.807, 2.05) is 0 Å². The van der Waals surface area contributed by atoms with E-state index in [4.69, 9.17) is 5.11 Å². The fraction of sp³-hybridized carbons (Fsp3) is 0.300. The van der Waals surface area contributed by atoms with Crippen molar-refractivity contribution in [3.05, 3.63) is 29.8 Å². The minimum atomic E-state index is -3.01. The molecule has 16 heavy (non-hydrogen) atoms. The number of aliphatic hydroxyl groups excluding tert-OH is 1. The van der Waals surface area contributed by atoms with E-state index < -0.39 is 12.6 Å². The first-order valence-electron chi connectivity index (χ1n) is 4.47. The van der Waals surface area contributed by atoms with Crippen molar-refractivity contribution in [3.63, 3.8) is 0 Å². The van der Waals surface area contributed by atoms with E-state index in [0.29, 0.717) is 0 Å². The molecule has 0 unspecified atom stereocenters. The molecule has 0 fully saturated rings. The summed E-state index contributed by atoms with van der Waals surface area (Å²) in [6, 6.07) is 5.49. The van der Waals surface area contributed by atoms with Crippen molar-refractivity contribution in [2.75, 3.05) is 13.2 Å². The van der Waals surface area contributed by atoms with Crippen LogP contribution in [0.3, 0.4) is 0 Å². The Balaban J connectivity index is 2.81. The van der Waals surface area contributed by atoms with E-state index in [9.17, 15) is 13.6 Å². The van der Waals surface area contributed by atoms with Gasteiger partial charge in [-0.05, 0) is 12.1 Å². The normalized spacial score (nSPS) is 10.2. The highest BCUT2D eigenvalue weighted by Crippen LogP contribution is 2.20. The number of esters is 1. The predicted molar refractivity (Wildman–Crippen MR) is 50.4 cm³/mol. The molecule has 0 heterocycles. The first-order chi connectivity index (χ1) is 7.65. The zero-order valence-electron chi connectivity index (χ0n) is 8.23. The number of halogens is 2. The summed E-state index contributed by atoms with van der Waals surface area (Å²) >= 11 is 0. The van der Waals surface area contributed by atoms with Crippen LogP contribution < -0.4 is 4.74 Å². The lowest BCUT2D eigenvalue weighted by Gasteiger charge is -2.09. The second kappa shape index (κ2) is 6.02. The van der Waals surface area contributed by atoms with Gasteiger partial charge >= 0.3 is 12.6 Å². The standard InChI is InChI=1S/C10H10F2O4/c11-10(12)16-8-4-2-1-3-7(8)9(14)15-6-5-13/h1-4,10,13H,5-6H2. The highest BCUT2D eigenvalue weighted by atomic mass is 19.3. The van der Waals surface area contributed by atoms with Crippen LogP contribution in [0.1, 0.15) is 10.4 Å². The maximum Gasteiger partial charge on any atom is 0.387 e. The number of carbonyl (C=O) groups is 1. The highest BCUT2D eigenvalue weighted by molar-refractivity contribution is 5.92. The number of para-hydroxylation sites is 1. The summed E-state index contributed by atoms with van der Waals surface area (Å²) in [5.41, 5.74) is -0.101. The molecular weight excluding hydrogens is 222 g/mol. The molecule has 1 N–H and O–H groups in total. The molecule has 0 aromatic heterocycles. The fourth-order valence-electron chi connectivity index (χ4n) is 1.05. The van der Waals surface area contributed by atoms with Crippen molar-refractivity contribution in [1.29, 1.82) is 0 Å². The van der Waals surface area contributed by atoms with Crippen molar-refractivity contribution in [3.8, 4) is 5.75 Å². The monoisotopic (exact) mass is 232 g/mol. The van der Waals surface area contributed by atoms with Crippen LogP contribution in [0.15, 0.2) is 24.3 Å². The fourth-order valence-corrected chi connectivity index (χ4v) is 1.05. The van der Waals surface area contributed by atoms with Crippen LogP contribution >= 0.6 is 0 Å². The van der Waals surface area contributed by atoms with Crippen LogP contribution in [0.25, 0.3) is 0 Å². The lowest BCUT2D eigenvalue weighted by Crippen LogP contribution is -2.12. The molecule has 88 valence electrons. The number of rotatable bonds is 5. The Hall–Kier alpha value is -1.69. The number of hydrogen-bond acceptors (Lipinski definition) is 4. The van der Waals surface area contributed by atoms with Crippen LogP contribution in [0.5, 0.6) is 5.75 Å². The third kappa shape index (κ3) is 3.47. The third-order valence-electron chi connectivity index (χ3n) is 1.65. The maximum absolute atomic E-state index is 12.0. The Morgan fingerprint density at radius 3 is 2.69 bits per heavy atom. The van der Waals surface area contributed by atoms with Crippen molar-refractivity contribution < 1.29 is 28.2 Å². The number of hydrogen-bond donors (Lipinski definition) is 1. The summed E-state index contributed by atoms with van der Waals surface area (Å²) in [5, 5.41) is 8.45. The Morgan fingerprint density at radius 2 is 2.06 bits per heavy atom. The topological polar surface area (TPSA) is 55.8 Å². The molecule has 0 aliphatic rings. The van der Waals surface area contributed by atoms with Gasteiger partial charge in [-0.3, -0.25) is 0 Å². The molecular formula is C10H10F2O4. The summed E-state index contributed by atoms with van der Waals surface area (Å²) in [7, 11) is 0. The van der Waals surface area contributed by atoms with Gasteiger partial charge in [0.25, 0.3) is 0 Å². The third-order valence-corrected chi connectivity index (χ3v) is 1.65. The molecule has 0 aliphatic carbocycles. The highest BCUT2D eigenvalue weighted by Gasteiger charge is 2.15. The number of ether oxygens (including phenoxy) is 2. The van der Waals surface area contributed by atoms with E-state index in [1.54, 1.807) is 0 Å². The van der Waals surface area contributed by atoms with Gasteiger partial charge in [-0.1, -0.05) is 12.1 Å². The molecule has 0 saturated carbocycles. The van der Waals surface area contributed by atoms with Crippen LogP contribution in [-0.4, -0.2) is 30.9 Å². The first-order valence-corrected chi connectivity index (χ1v) is 4.47. The number of benzene rings is 1. The van der Waals surface area contributed by atoms with Gasteiger partial charge in [0.2, 0.25) is 0 Å². The SMILES string of the molecule is O=C(OCCO)c1ccccc1OC(F)F. The van der Waals surface area contributed by atoms with Gasteiger partial charge in [0.1, 0.15) is 17.9 Å². The zero-order chi connectivity index (χ0) is 12.0. The van der Waals surface area contributed by atoms with E-state index >= 15 is 0 Å². The van der Waals surface area contributed by atoms with E-state index in [1.165, 1.54) is 24.3 Å². The van der Waals surface area contributed by atoms with E-state index in [2.05, 4.69) is 9.47 Å². The largest absolute Gasteiger partial charge is 0.460 e. The van der Waals surface area contributed by atoms with E-state index in [-0.39, 0.29) is 24.5 Å². The molecule has 0 radical (unpaired) electrons. The van der Waals surface area contributed by atoms with Gasteiger partial charge < -0.3 is 14.6 Å². The molecule has 4 nitrogen and oxygen atoms in total. The zero-order valence-corrected chi connectivity index (χ0v) is 8.23. The molecule has 1 aromatic carbocycles. The summed E-state index contributed by atoms with van der Waals surface area (Å²) in [4.78, 5) is 11.3. The molecule has 0 bridgehead atoms. The Bertz CT molecular complexity index is 354. The maximum atomic E-state index is 12.0. The summed E-state index contributed by atoms with van der Waals surface area (Å²) in [6.07, 6.45) is 0. The van der Waals surface area contributed by atoms with Crippen LogP contribution in [0.4, 0.5) is 8.78 Å². The number of carbonyl (C=O) groups excluding carboxylic acids is 1. The Morgan fingerprint density at radius 1 is 1.38 bits per heavy atom. The average Bonchev–Trinajstić information content (AvgIpc) is 2.26. The summed E-state index contributed by atoms with van der Waals surface area (Å²) < 4.78 is 32.7. The lowest BCUT2D eigenvalue weighted by atomic mass is 10.2. The lowest BCUT2D eigenvalue weighted by molar-refractivity contribution is -0.0505. The Labute approximate surface area is 90.4 Å². The number of aliphatic hydroxyl groups is 1. The molecule has 0 aliphatic heterocycles. The molecule has 0 amide bonds. The molecule has 1 aromatic rings. The smallest absolute Gasteiger partial charge is 0.387 e. The van der Waals surface area contributed by atoms with Crippen molar-refractivity contribution in [1.82, 2.24) is 0 Å². The summed E-state index contributed by atoms with van der Waals surface area (Å²) in [5.74, 6) is -1.06. The first kappa shape index (κ1) is 12.4. The molecule has 6 heteroatoms. The number of alkyl halides is 2.